The highest BCUT2D eigenvalue weighted by Gasteiger charge is 2.25. The van der Waals surface area contributed by atoms with E-state index in [1.54, 1.807) is 0 Å². The van der Waals surface area contributed by atoms with Crippen molar-refractivity contribution in [2.45, 2.75) is 116 Å². The highest BCUT2D eigenvalue weighted by atomic mass is 15.4. The molecule has 29 heavy (non-hydrogen) atoms. The summed E-state index contributed by atoms with van der Waals surface area (Å²) in [5.41, 5.74) is 1.42. The third-order valence-corrected chi connectivity index (χ3v) is 6.26. The van der Waals surface area contributed by atoms with Gasteiger partial charge in [-0.25, -0.2) is 0 Å². The molecule has 1 atom stereocenters. The van der Waals surface area contributed by atoms with E-state index in [0.717, 1.165) is 6.54 Å². The van der Waals surface area contributed by atoms with Crippen LogP contribution < -0.4 is 0 Å². The molecule has 0 spiro atoms. The number of benzene rings is 1. The summed E-state index contributed by atoms with van der Waals surface area (Å²) in [7, 11) is 0. The minimum atomic E-state index is 0.557. The molecule has 0 amide bonds. The van der Waals surface area contributed by atoms with Gasteiger partial charge in [0.2, 0.25) is 0 Å². The summed E-state index contributed by atoms with van der Waals surface area (Å²) < 4.78 is 0. The van der Waals surface area contributed by atoms with Crippen LogP contribution in [0.4, 0.5) is 0 Å². The predicted octanol–water partition coefficient (Wildman–Crippen LogP) is 8.10. The van der Waals surface area contributed by atoms with Gasteiger partial charge in [0.25, 0.3) is 0 Å². The summed E-state index contributed by atoms with van der Waals surface area (Å²) in [4.78, 5) is 5.20. The van der Waals surface area contributed by atoms with Crippen molar-refractivity contribution in [3.05, 3.63) is 48.3 Å². The second kappa shape index (κ2) is 15.4. The summed E-state index contributed by atoms with van der Waals surface area (Å²) in [6, 6.07) is 11.0. The molecule has 0 fully saturated rings. The zero-order valence-corrected chi connectivity index (χ0v) is 19.3. The number of hydrogen-bond acceptors (Lipinski definition) is 2. The lowest BCUT2D eigenvalue weighted by Gasteiger charge is -2.33. The Bertz CT molecular complexity index is 525. The van der Waals surface area contributed by atoms with Gasteiger partial charge in [0, 0.05) is 25.5 Å². The third kappa shape index (κ3) is 9.74. The molecule has 1 unspecified atom stereocenters. The topological polar surface area (TPSA) is 6.48 Å². The highest BCUT2D eigenvalue weighted by Crippen LogP contribution is 2.24. The van der Waals surface area contributed by atoms with Crippen LogP contribution in [-0.4, -0.2) is 22.5 Å². The van der Waals surface area contributed by atoms with Crippen molar-refractivity contribution in [2.24, 2.45) is 0 Å². The molecule has 0 aliphatic carbocycles. The van der Waals surface area contributed by atoms with E-state index in [0.29, 0.717) is 6.17 Å². The molecule has 0 N–H and O–H groups in total. The number of rotatable bonds is 17. The van der Waals surface area contributed by atoms with Gasteiger partial charge < -0.3 is 9.80 Å². The fourth-order valence-electron chi connectivity index (χ4n) is 4.43. The highest BCUT2D eigenvalue weighted by molar-refractivity contribution is 5.15. The van der Waals surface area contributed by atoms with Crippen LogP contribution in [0.25, 0.3) is 0 Å². The Labute approximate surface area is 181 Å². The maximum atomic E-state index is 2.62. The average molecular weight is 399 g/mol. The van der Waals surface area contributed by atoms with Crippen molar-refractivity contribution in [1.82, 2.24) is 9.80 Å². The van der Waals surface area contributed by atoms with Gasteiger partial charge in [-0.05, 0) is 24.8 Å². The zero-order valence-electron chi connectivity index (χ0n) is 19.3. The first-order valence-corrected chi connectivity index (χ1v) is 12.6. The summed E-state index contributed by atoms with van der Waals surface area (Å²) in [6.07, 6.45) is 24.6. The van der Waals surface area contributed by atoms with Gasteiger partial charge in [0.05, 0.1) is 0 Å². The normalized spacial score (nSPS) is 16.1. The molecule has 1 aliphatic heterocycles. The minimum Gasteiger partial charge on any atom is -0.356 e. The van der Waals surface area contributed by atoms with Crippen molar-refractivity contribution in [3.8, 4) is 0 Å². The van der Waals surface area contributed by atoms with Crippen molar-refractivity contribution < 1.29 is 0 Å². The summed E-state index contributed by atoms with van der Waals surface area (Å²) in [5.74, 6) is 0. The van der Waals surface area contributed by atoms with Crippen LogP contribution in [-0.2, 0) is 6.54 Å². The third-order valence-electron chi connectivity index (χ3n) is 6.26. The standard InChI is InChI=1S/C27H46N2/c1-3-5-7-9-11-12-17-21-27-28(22-18-13-10-8-6-4-2)23-24-29(27)25-26-19-15-14-16-20-26/h14-16,19-20,23-24,27H,3-13,17-18,21-22,25H2,1-2H3. The Morgan fingerprint density at radius 3 is 1.83 bits per heavy atom. The first kappa shape index (κ1) is 23.8. The quantitative estimate of drug-likeness (QED) is 0.244. The van der Waals surface area contributed by atoms with Crippen LogP contribution in [0, 0.1) is 0 Å². The predicted molar refractivity (Wildman–Crippen MR) is 128 cm³/mol. The van der Waals surface area contributed by atoms with E-state index in [1.165, 1.54) is 102 Å². The first-order valence-electron chi connectivity index (χ1n) is 12.6. The number of nitrogens with zero attached hydrogens (tertiary/aromatic N) is 2. The molecule has 2 nitrogen and oxygen atoms in total. The SMILES string of the molecule is CCCCCCCCCC1N(CCCCCCCC)C=CN1Cc1ccccc1. The molecule has 2 heteroatoms. The fourth-order valence-corrected chi connectivity index (χ4v) is 4.43. The molecule has 0 saturated carbocycles. The lowest BCUT2D eigenvalue weighted by molar-refractivity contribution is 0.132. The smallest absolute Gasteiger partial charge is 0.101 e. The van der Waals surface area contributed by atoms with Crippen molar-refractivity contribution >= 4 is 0 Å². The van der Waals surface area contributed by atoms with Crippen LogP contribution in [0.15, 0.2) is 42.7 Å². The zero-order chi connectivity index (χ0) is 20.6. The summed E-state index contributed by atoms with van der Waals surface area (Å²) in [5, 5.41) is 0. The molecule has 1 aromatic rings. The molecule has 1 heterocycles. The van der Waals surface area contributed by atoms with Crippen molar-refractivity contribution in [1.29, 1.82) is 0 Å². The van der Waals surface area contributed by atoms with Gasteiger partial charge in [0.15, 0.2) is 0 Å². The van der Waals surface area contributed by atoms with Gasteiger partial charge in [-0.1, -0.05) is 115 Å². The molecular formula is C27H46N2. The maximum Gasteiger partial charge on any atom is 0.101 e. The van der Waals surface area contributed by atoms with Crippen molar-refractivity contribution in [3.63, 3.8) is 0 Å². The number of hydrogen-bond donors (Lipinski definition) is 0. The van der Waals surface area contributed by atoms with Crippen LogP contribution in [0.2, 0.25) is 0 Å². The largest absolute Gasteiger partial charge is 0.356 e. The fraction of sp³-hybridized carbons (Fsp3) is 0.704. The molecule has 2 rings (SSSR count). The minimum absolute atomic E-state index is 0.557. The molecule has 1 aliphatic rings. The molecule has 0 bridgehead atoms. The van der Waals surface area contributed by atoms with Gasteiger partial charge in [-0.15, -0.1) is 0 Å². The lowest BCUT2D eigenvalue weighted by Crippen LogP contribution is -2.38. The number of unbranched alkanes of at least 4 members (excludes halogenated alkanes) is 11. The molecule has 0 saturated heterocycles. The monoisotopic (exact) mass is 398 g/mol. The maximum absolute atomic E-state index is 2.62. The van der Waals surface area contributed by atoms with Crippen LogP contribution in [0.1, 0.15) is 109 Å². The Morgan fingerprint density at radius 2 is 1.17 bits per heavy atom. The van der Waals surface area contributed by atoms with E-state index in [-0.39, 0.29) is 0 Å². The average Bonchev–Trinajstić information content (AvgIpc) is 3.12. The Hall–Kier alpha value is -1.44. The van der Waals surface area contributed by atoms with E-state index in [2.05, 4.69) is 66.4 Å². The molecule has 0 aromatic heterocycles. The van der Waals surface area contributed by atoms with Crippen LogP contribution >= 0.6 is 0 Å². The molecule has 164 valence electrons. The molecule has 1 aromatic carbocycles. The van der Waals surface area contributed by atoms with Gasteiger partial charge in [-0.2, -0.15) is 0 Å². The van der Waals surface area contributed by atoms with Crippen LogP contribution in [0.3, 0.4) is 0 Å². The lowest BCUT2D eigenvalue weighted by atomic mass is 10.1. The van der Waals surface area contributed by atoms with Gasteiger partial charge in [-0.3, -0.25) is 0 Å². The Morgan fingerprint density at radius 1 is 0.621 bits per heavy atom. The Balaban J connectivity index is 1.77. The van der Waals surface area contributed by atoms with Gasteiger partial charge >= 0.3 is 0 Å². The summed E-state index contributed by atoms with van der Waals surface area (Å²) in [6.45, 7) is 6.85. The summed E-state index contributed by atoms with van der Waals surface area (Å²) >= 11 is 0. The van der Waals surface area contributed by atoms with E-state index in [9.17, 15) is 0 Å². The molecule has 0 radical (unpaired) electrons. The van der Waals surface area contributed by atoms with Gasteiger partial charge in [0.1, 0.15) is 6.17 Å². The van der Waals surface area contributed by atoms with E-state index in [1.807, 2.05) is 0 Å². The Kier molecular flexibility index (Phi) is 12.7. The second-order valence-corrected chi connectivity index (χ2v) is 8.85. The first-order chi connectivity index (χ1) is 14.3. The van der Waals surface area contributed by atoms with E-state index in [4.69, 9.17) is 0 Å². The second-order valence-electron chi connectivity index (χ2n) is 8.85. The van der Waals surface area contributed by atoms with Crippen molar-refractivity contribution in [2.75, 3.05) is 6.54 Å². The van der Waals surface area contributed by atoms with Crippen LogP contribution in [0.5, 0.6) is 0 Å². The van der Waals surface area contributed by atoms with E-state index < -0.39 is 0 Å². The van der Waals surface area contributed by atoms with E-state index >= 15 is 0 Å². The molecular weight excluding hydrogens is 352 g/mol.